The van der Waals surface area contributed by atoms with E-state index in [1.807, 2.05) is 0 Å². The molecule has 2 atom stereocenters. The lowest BCUT2D eigenvalue weighted by Gasteiger charge is -2.21. The van der Waals surface area contributed by atoms with Gasteiger partial charge in [0.05, 0.1) is 6.61 Å². The minimum Gasteiger partial charge on any atom is -0.466 e. The number of hydrogen-bond donors (Lipinski definition) is 0. The molecule has 0 heterocycles. The van der Waals surface area contributed by atoms with Gasteiger partial charge in [-0.25, -0.2) is 0 Å². The maximum absolute atomic E-state index is 10.6. The molecule has 2 heteroatoms. The Hall–Kier alpha value is -0.790. The summed E-state index contributed by atoms with van der Waals surface area (Å²) in [5.74, 6) is 1.35. The van der Waals surface area contributed by atoms with Crippen molar-refractivity contribution in [3.05, 3.63) is 12.2 Å². The van der Waals surface area contributed by atoms with E-state index in [9.17, 15) is 4.79 Å². The van der Waals surface area contributed by atoms with Crippen LogP contribution in [0.1, 0.15) is 46.0 Å². The first-order valence-electron chi connectivity index (χ1n) is 5.97. The lowest BCUT2D eigenvalue weighted by molar-refractivity contribution is -0.141. The molecule has 0 aliphatic heterocycles. The lowest BCUT2D eigenvalue weighted by atomic mass is 9.85. The van der Waals surface area contributed by atoms with Crippen LogP contribution in [0, 0.1) is 11.8 Å². The zero-order valence-corrected chi connectivity index (χ0v) is 9.87. The highest BCUT2D eigenvalue weighted by atomic mass is 16.5. The minimum absolute atomic E-state index is 0.164. The number of carbonyl (C=O) groups is 1. The van der Waals surface area contributed by atoms with Gasteiger partial charge in [0.1, 0.15) is 0 Å². The normalized spacial score (nSPS) is 22.4. The Balaban J connectivity index is 2.09. The summed E-state index contributed by atoms with van der Waals surface area (Å²) in [5, 5.41) is 0. The van der Waals surface area contributed by atoms with Crippen LogP contribution in [-0.2, 0) is 9.53 Å². The first kappa shape index (κ1) is 12.3. The average molecular weight is 210 g/mol. The summed E-state index contributed by atoms with van der Waals surface area (Å²) in [6.45, 7) is 4.30. The molecule has 0 radical (unpaired) electrons. The van der Waals surface area contributed by atoms with Crippen LogP contribution in [0.2, 0.25) is 0 Å². The Kier molecular flexibility index (Phi) is 5.44. The van der Waals surface area contributed by atoms with Crippen LogP contribution >= 0.6 is 0 Å². The van der Waals surface area contributed by atoms with Crippen molar-refractivity contribution in [1.29, 1.82) is 0 Å². The van der Waals surface area contributed by atoms with Gasteiger partial charge in [0.2, 0.25) is 0 Å². The first-order chi connectivity index (χ1) is 7.18. The van der Waals surface area contributed by atoms with Crippen molar-refractivity contribution in [1.82, 2.24) is 0 Å². The van der Waals surface area contributed by atoms with E-state index in [-0.39, 0.29) is 5.97 Å². The highest BCUT2D eigenvalue weighted by molar-refractivity contribution is 5.65. The molecule has 0 spiro atoms. The van der Waals surface area contributed by atoms with E-state index in [4.69, 9.17) is 4.74 Å². The molecule has 0 N–H and O–H groups in total. The van der Waals surface area contributed by atoms with Crippen LogP contribution in [0.15, 0.2) is 12.2 Å². The van der Waals surface area contributed by atoms with Crippen LogP contribution in [0.25, 0.3) is 0 Å². The Morgan fingerprint density at radius 2 is 2.33 bits per heavy atom. The molecule has 0 saturated carbocycles. The molecular weight excluding hydrogens is 188 g/mol. The summed E-state index contributed by atoms with van der Waals surface area (Å²) < 4.78 is 4.95. The Morgan fingerprint density at radius 1 is 1.53 bits per heavy atom. The first-order valence-corrected chi connectivity index (χ1v) is 5.97. The molecule has 0 aromatic carbocycles. The number of ether oxygens (including phenoxy) is 1. The standard InChI is InChI=1S/C13H22O2/c1-11(8-9-15-12(2)14)10-13-6-4-3-5-7-13/h3-4,11,13H,5-10H2,1-2H3. The summed E-state index contributed by atoms with van der Waals surface area (Å²) in [5.41, 5.74) is 0. The second-order valence-electron chi connectivity index (χ2n) is 4.62. The fourth-order valence-corrected chi connectivity index (χ4v) is 2.16. The third-order valence-electron chi connectivity index (χ3n) is 3.03. The number of carbonyl (C=O) groups excluding carboxylic acids is 1. The van der Waals surface area contributed by atoms with Gasteiger partial charge in [-0.3, -0.25) is 4.79 Å². The summed E-state index contributed by atoms with van der Waals surface area (Å²) in [6, 6.07) is 0. The molecule has 1 rings (SSSR count). The van der Waals surface area contributed by atoms with Gasteiger partial charge in [-0.1, -0.05) is 19.1 Å². The molecule has 0 saturated heterocycles. The Labute approximate surface area is 92.7 Å². The Bertz CT molecular complexity index is 221. The van der Waals surface area contributed by atoms with Gasteiger partial charge in [-0.2, -0.15) is 0 Å². The van der Waals surface area contributed by atoms with Gasteiger partial charge in [0.15, 0.2) is 0 Å². The molecule has 0 amide bonds. The van der Waals surface area contributed by atoms with Crippen molar-refractivity contribution in [2.45, 2.75) is 46.0 Å². The monoisotopic (exact) mass is 210 g/mol. The molecule has 0 fully saturated rings. The van der Waals surface area contributed by atoms with Gasteiger partial charge < -0.3 is 4.74 Å². The second kappa shape index (κ2) is 6.65. The molecular formula is C13H22O2. The zero-order chi connectivity index (χ0) is 11.1. The van der Waals surface area contributed by atoms with Crippen LogP contribution in [0.3, 0.4) is 0 Å². The lowest BCUT2D eigenvalue weighted by Crippen LogP contribution is -2.11. The van der Waals surface area contributed by atoms with E-state index >= 15 is 0 Å². The summed E-state index contributed by atoms with van der Waals surface area (Å²) in [6.07, 6.45) is 10.6. The third-order valence-corrected chi connectivity index (χ3v) is 3.03. The van der Waals surface area contributed by atoms with E-state index in [1.54, 1.807) is 0 Å². The van der Waals surface area contributed by atoms with Crippen molar-refractivity contribution in [2.75, 3.05) is 6.61 Å². The van der Waals surface area contributed by atoms with Crippen molar-refractivity contribution in [3.8, 4) is 0 Å². The van der Waals surface area contributed by atoms with Crippen molar-refractivity contribution >= 4 is 5.97 Å². The average Bonchev–Trinajstić information content (AvgIpc) is 2.18. The smallest absolute Gasteiger partial charge is 0.302 e. The van der Waals surface area contributed by atoms with Gasteiger partial charge >= 0.3 is 5.97 Å². The van der Waals surface area contributed by atoms with Gasteiger partial charge in [0, 0.05) is 6.92 Å². The van der Waals surface area contributed by atoms with E-state index in [1.165, 1.54) is 32.6 Å². The molecule has 15 heavy (non-hydrogen) atoms. The summed E-state index contributed by atoms with van der Waals surface area (Å²) in [4.78, 5) is 10.6. The van der Waals surface area contributed by atoms with Gasteiger partial charge in [0.25, 0.3) is 0 Å². The van der Waals surface area contributed by atoms with Crippen molar-refractivity contribution in [2.24, 2.45) is 11.8 Å². The predicted molar refractivity (Wildman–Crippen MR) is 61.5 cm³/mol. The number of hydrogen-bond acceptors (Lipinski definition) is 2. The number of esters is 1. The topological polar surface area (TPSA) is 26.3 Å². The van der Waals surface area contributed by atoms with E-state index in [2.05, 4.69) is 19.1 Å². The van der Waals surface area contributed by atoms with Crippen LogP contribution < -0.4 is 0 Å². The second-order valence-corrected chi connectivity index (χ2v) is 4.62. The van der Waals surface area contributed by atoms with E-state index in [0.29, 0.717) is 12.5 Å². The maximum Gasteiger partial charge on any atom is 0.302 e. The van der Waals surface area contributed by atoms with Gasteiger partial charge in [-0.15, -0.1) is 0 Å². The largest absolute Gasteiger partial charge is 0.466 e. The molecule has 0 bridgehead atoms. The molecule has 2 unspecified atom stereocenters. The van der Waals surface area contributed by atoms with Crippen LogP contribution in [-0.4, -0.2) is 12.6 Å². The molecule has 1 aliphatic carbocycles. The number of rotatable bonds is 5. The summed E-state index contributed by atoms with van der Waals surface area (Å²) in [7, 11) is 0. The Morgan fingerprint density at radius 3 is 2.93 bits per heavy atom. The molecule has 0 aromatic heterocycles. The van der Waals surface area contributed by atoms with Gasteiger partial charge in [-0.05, 0) is 43.9 Å². The molecule has 0 aromatic rings. The van der Waals surface area contributed by atoms with Crippen LogP contribution in [0.5, 0.6) is 0 Å². The maximum atomic E-state index is 10.6. The highest BCUT2D eigenvalue weighted by Gasteiger charge is 2.13. The highest BCUT2D eigenvalue weighted by Crippen LogP contribution is 2.26. The molecule has 2 nitrogen and oxygen atoms in total. The fraction of sp³-hybridized carbons (Fsp3) is 0.769. The zero-order valence-electron chi connectivity index (χ0n) is 9.87. The van der Waals surface area contributed by atoms with E-state index < -0.39 is 0 Å². The molecule has 1 aliphatic rings. The number of allylic oxidation sites excluding steroid dienone is 2. The fourth-order valence-electron chi connectivity index (χ4n) is 2.16. The molecule has 86 valence electrons. The van der Waals surface area contributed by atoms with Crippen LogP contribution in [0.4, 0.5) is 0 Å². The SMILES string of the molecule is CC(=O)OCCC(C)CC1CC=CCC1. The van der Waals surface area contributed by atoms with Crippen molar-refractivity contribution < 1.29 is 9.53 Å². The predicted octanol–water partition coefficient (Wildman–Crippen LogP) is 3.32. The van der Waals surface area contributed by atoms with Crippen molar-refractivity contribution in [3.63, 3.8) is 0 Å². The summed E-state index contributed by atoms with van der Waals surface area (Å²) >= 11 is 0. The van der Waals surface area contributed by atoms with E-state index in [0.717, 1.165) is 12.3 Å². The minimum atomic E-state index is -0.164. The third kappa shape index (κ3) is 5.60. The quantitative estimate of drug-likeness (QED) is 0.514.